The highest BCUT2D eigenvalue weighted by molar-refractivity contribution is 5.98. The number of fused-ring (bicyclic) bond motifs is 1. The monoisotopic (exact) mass is 367 g/mol. The number of hydrogen-bond acceptors (Lipinski definition) is 4. The van der Waals surface area contributed by atoms with Gasteiger partial charge in [0, 0.05) is 24.7 Å². The van der Waals surface area contributed by atoms with Crippen LogP contribution in [0.2, 0.25) is 0 Å². The molecular weight excluding hydrogens is 342 g/mol. The van der Waals surface area contributed by atoms with Crippen LogP contribution in [0.5, 0.6) is 17.2 Å². The van der Waals surface area contributed by atoms with Gasteiger partial charge in [-0.25, -0.2) is 0 Å². The molecule has 0 aromatic heterocycles. The van der Waals surface area contributed by atoms with Gasteiger partial charge >= 0.3 is 0 Å². The Morgan fingerprint density at radius 3 is 2.48 bits per heavy atom. The molecule has 5 heteroatoms. The van der Waals surface area contributed by atoms with Gasteiger partial charge < -0.3 is 19.8 Å². The second-order valence-electron chi connectivity index (χ2n) is 7.72. The second-order valence-corrected chi connectivity index (χ2v) is 7.72. The Balaban J connectivity index is 1.25. The van der Waals surface area contributed by atoms with Crippen LogP contribution >= 0.6 is 0 Å². The molecule has 2 N–H and O–H groups in total. The Bertz CT molecular complexity index is 827. The summed E-state index contributed by atoms with van der Waals surface area (Å²) in [5.74, 6) is 2.16. The Kier molecular flexibility index (Phi) is 4.92. The Labute approximate surface area is 159 Å². The van der Waals surface area contributed by atoms with Crippen molar-refractivity contribution < 1.29 is 19.7 Å². The topological polar surface area (TPSA) is 70.0 Å². The number of ether oxygens (including phenoxy) is 1. The number of benzene rings is 2. The van der Waals surface area contributed by atoms with Crippen LogP contribution in [0.25, 0.3) is 0 Å². The number of carbonyl (C=O) groups is 1. The molecule has 0 spiro atoms. The largest absolute Gasteiger partial charge is 0.508 e. The molecule has 1 aliphatic heterocycles. The van der Waals surface area contributed by atoms with E-state index < -0.39 is 0 Å². The first-order valence-electron chi connectivity index (χ1n) is 9.61. The van der Waals surface area contributed by atoms with Crippen LogP contribution in [-0.4, -0.2) is 34.2 Å². The van der Waals surface area contributed by atoms with Gasteiger partial charge in [0.2, 0.25) is 0 Å². The van der Waals surface area contributed by atoms with Crippen molar-refractivity contribution >= 4 is 5.91 Å². The smallest absolute Gasteiger partial charge is 0.254 e. The molecule has 1 aliphatic carbocycles. The van der Waals surface area contributed by atoms with Crippen molar-refractivity contribution in [3.8, 4) is 17.2 Å². The summed E-state index contributed by atoms with van der Waals surface area (Å²) in [6.07, 6.45) is 4.39. The standard InChI is InChI=1S/C22H25NO4/c24-18-2-1-3-20(10-18)27-14-16-6-4-15(5-7-16)12-23-13-17-8-9-19(25)11-21(17)22(23)26/h1-3,8-11,15-16,24-25H,4-7,12-14H2. The van der Waals surface area contributed by atoms with E-state index in [0.717, 1.165) is 37.8 Å². The highest BCUT2D eigenvalue weighted by Crippen LogP contribution is 2.33. The summed E-state index contributed by atoms with van der Waals surface area (Å²) in [6.45, 7) is 2.10. The zero-order valence-corrected chi connectivity index (χ0v) is 15.3. The highest BCUT2D eigenvalue weighted by Gasteiger charge is 2.31. The number of carbonyl (C=O) groups excluding carboxylic acids is 1. The fourth-order valence-electron chi connectivity index (χ4n) is 4.18. The predicted molar refractivity (Wildman–Crippen MR) is 102 cm³/mol. The molecule has 1 heterocycles. The fraction of sp³-hybridized carbons (Fsp3) is 0.409. The van der Waals surface area contributed by atoms with E-state index in [1.165, 1.54) is 0 Å². The minimum Gasteiger partial charge on any atom is -0.508 e. The summed E-state index contributed by atoms with van der Waals surface area (Å²) in [7, 11) is 0. The van der Waals surface area contributed by atoms with E-state index in [9.17, 15) is 15.0 Å². The van der Waals surface area contributed by atoms with Crippen LogP contribution in [0.15, 0.2) is 42.5 Å². The van der Waals surface area contributed by atoms with Crippen LogP contribution in [0.3, 0.4) is 0 Å². The fourth-order valence-corrected chi connectivity index (χ4v) is 4.18. The molecule has 2 aliphatic rings. The van der Waals surface area contributed by atoms with Crippen molar-refractivity contribution in [3.63, 3.8) is 0 Å². The maximum absolute atomic E-state index is 12.5. The van der Waals surface area contributed by atoms with E-state index in [1.807, 2.05) is 17.0 Å². The van der Waals surface area contributed by atoms with Crippen molar-refractivity contribution in [2.24, 2.45) is 11.8 Å². The lowest BCUT2D eigenvalue weighted by molar-refractivity contribution is 0.0721. The average molecular weight is 367 g/mol. The normalized spacial score (nSPS) is 21.9. The van der Waals surface area contributed by atoms with E-state index in [2.05, 4.69) is 0 Å². The lowest BCUT2D eigenvalue weighted by Crippen LogP contribution is -2.32. The summed E-state index contributed by atoms with van der Waals surface area (Å²) in [4.78, 5) is 14.5. The van der Waals surface area contributed by atoms with Gasteiger partial charge in [0.05, 0.1) is 6.61 Å². The lowest BCUT2D eigenvalue weighted by atomic mass is 9.82. The third-order valence-corrected chi connectivity index (χ3v) is 5.72. The van der Waals surface area contributed by atoms with Crippen LogP contribution in [-0.2, 0) is 6.54 Å². The molecule has 5 nitrogen and oxygen atoms in total. The maximum Gasteiger partial charge on any atom is 0.254 e. The molecule has 2 aromatic rings. The minimum absolute atomic E-state index is 0.0373. The Morgan fingerprint density at radius 2 is 1.70 bits per heavy atom. The van der Waals surface area contributed by atoms with Crippen LogP contribution < -0.4 is 4.74 Å². The summed E-state index contributed by atoms with van der Waals surface area (Å²) in [5, 5.41) is 19.1. The summed E-state index contributed by atoms with van der Waals surface area (Å²) in [5.41, 5.74) is 1.65. The third kappa shape index (κ3) is 4.02. The zero-order valence-electron chi connectivity index (χ0n) is 15.3. The van der Waals surface area contributed by atoms with Crippen LogP contribution in [0.1, 0.15) is 41.6 Å². The van der Waals surface area contributed by atoms with E-state index in [4.69, 9.17) is 4.74 Å². The van der Waals surface area contributed by atoms with Gasteiger partial charge in [0.25, 0.3) is 5.91 Å². The van der Waals surface area contributed by atoms with Gasteiger partial charge in [-0.15, -0.1) is 0 Å². The molecule has 142 valence electrons. The molecular formula is C22H25NO4. The summed E-state index contributed by atoms with van der Waals surface area (Å²) >= 11 is 0. The third-order valence-electron chi connectivity index (χ3n) is 5.72. The zero-order chi connectivity index (χ0) is 18.8. The number of phenolic OH excluding ortho intramolecular Hbond substituents is 2. The molecule has 0 atom stereocenters. The number of amides is 1. The van der Waals surface area contributed by atoms with Gasteiger partial charge in [-0.3, -0.25) is 4.79 Å². The second kappa shape index (κ2) is 7.51. The van der Waals surface area contributed by atoms with E-state index in [-0.39, 0.29) is 17.4 Å². The Hall–Kier alpha value is -2.69. The van der Waals surface area contributed by atoms with Crippen LogP contribution in [0, 0.1) is 11.8 Å². The Morgan fingerprint density at radius 1 is 0.963 bits per heavy atom. The van der Waals surface area contributed by atoms with Gasteiger partial charge in [0.1, 0.15) is 17.2 Å². The van der Waals surface area contributed by atoms with Crippen molar-refractivity contribution in [2.45, 2.75) is 32.2 Å². The SMILES string of the molecule is O=C1c2cc(O)ccc2CN1CC1CCC(COc2cccc(O)c2)CC1. The first-order chi connectivity index (χ1) is 13.1. The van der Waals surface area contributed by atoms with Gasteiger partial charge in [0.15, 0.2) is 0 Å². The number of nitrogens with zero attached hydrogens (tertiary/aromatic N) is 1. The first-order valence-corrected chi connectivity index (χ1v) is 9.61. The average Bonchev–Trinajstić information content (AvgIpc) is 2.97. The molecule has 2 aromatic carbocycles. The molecule has 0 unspecified atom stereocenters. The quantitative estimate of drug-likeness (QED) is 0.840. The van der Waals surface area contributed by atoms with Crippen molar-refractivity contribution in [3.05, 3.63) is 53.6 Å². The number of rotatable bonds is 5. The van der Waals surface area contributed by atoms with E-state index in [0.29, 0.717) is 36.3 Å². The van der Waals surface area contributed by atoms with E-state index >= 15 is 0 Å². The first kappa shape index (κ1) is 17.7. The maximum atomic E-state index is 12.5. The summed E-state index contributed by atoms with van der Waals surface area (Å²) < 4.78 is 5.82. The molecule has 27 heavy (non-hydrogen) atoms. The van der Waals surface area contributed by atoms with Gasteiger partial charge in [-0.05, 0) is 67.3 Å². The highest BCUT2D eigenvalue weighted by atomic mass is 16.5. The molecule has 1 saturated carbocycles. The number of aromatic hydroxyl groups is 2. The van der Waals surface area contributed by atoms with Crippen molar-refractivity contribution in [2.75, 3.05) is 13.2 Å². The minimum atomic E-state index is 0.0373. The summed E-state index contributed by atoms with van der Waals surface area (Å²) in [6, 6.07) is 12.0. The lowest BCUT2D eigenvalue weighted by Gasteiger charge is -2.31. The molecule has 1 amide bonds. The van der Waals surface area contributed by atoms with Crippen molar-refractivity contribution in [1.29, 1.82) is 0 Å². The van der Waals surface area contributed by atoms with Crippen LogP contribution in [0.4, 0.5) is 0 Å². The van der Waals surface area contributed by atoms with Crippen molar-refractivity contribution in [1.82, 2.24) is 4.90 Å². The predicted octanol–water partition coefficient (Wildman–Crippen LogP) is 3.94. The van der Waals surface area contributed by atoms with Gasteiger partial charge in [-0.1, -0.05) is 12.1 Å². The molecule has 0 radical (unpaired) electrons. The number of phenols is 2. The number of hydrogen-bond donors (Lipinski definition) is 2. The molecule has 4 rings (SSSR count). The molecule has 0 saturated heterocycles. The molecule has 0 bridgehead atoms. The molecule has 1 fully saturated rings. The van der Waals surface area contributed by atoms with E-state index in [1.54, 1.807) is 30.3 Å². The van der Waals surface area contributed by atoms with Gasteiger partial charge in [-0.2, -0.15) is 0 Å².